The van der Waals surface area contributed by atoms with Gasteiger partial charge in [-0.25, -0.2) is 0 Å². The van der Waals surface area contributed by atoms with Gasteiger partial charge < -0.3 is 5.32 Å². The highest BCUT2D eigenvalue weighted by Crippen LogP contribution is 2.26. The maximum absolute atomic E-state index is 10.6. The smallest absolute Gasteiger partial charge is 0.270 e. The summed E-state index contributed by atoms with van der Waals surface area (Å²) in [6.45, 7) is 1.75. The van der Waals surface area contributed by atoms with Crippen molar-refractivity contribution >= 4 is 33.4 Å². The lowest BCUT2D eigenvalue weighted by atomic mass is 10.2. The Hall–Kier alpha value is -0.590. The molecular weight excluding hydrogens is 316 g/mol. The molecule has 1 aromatic carbocycles. The number of benzene rings is 1. The van der Waals surface area contributed by atoms with Crippen molar-refractivity contribution in [3.8, 4) is 0 Å². The van der Waals surface area contributed by atoms with Crippen molar-refractivity contribution in [2.75, 3.05) is 12.3 Å². The molecule has 0 amide bonds. The first kappa shape index (κ1) is 13.8. The molecule has 6 heteroatoms. The summed E-state index contributed by atoms with van der Waals surface area (Å²) >= 11 is 5.40. The highest BCUT2D eigenvalue weighted by molar-refractivity contribution is 9.10. The Balaban J connectivity index is 1.87. The number of nitrogens with zero attached hydrogens (tertiary/aromatic N) is 1. The summed E-state index contributed by atoms with van der Waals surface area (Å²) in [6, 6.07) is 4.91. The molecule has 1 aromatic rings. The van der Waals surface area contributed by atoms with Crippen molar-refractivity contribution in [2.45, 2.75) is 24.6 Å². The fraction of sp³-hybridized carbons (Fsp3) is 0.500. The Morgan fingerprint density at radius 1 is 1.56 bits per heavy atom. The summed E-state index contributed by atoms with van der Waals surface area (Å²) < 4.78 is 0.795. The molecule has 1 unspecified atom stereocenters. The molecule has 98 valence electrons. The van der Waals surface area contributed by atoms with Crippen LogP contribution in [-0.2, 0) is 6.54 Å². The number of halogens is 1. The van der Waals surface area contributed by atoms with Gasteiger partial charge in [-0.2, -0.15) is 11.8 Å². The van der Waals surface area contributed by atoms with Gasteiger partial charge in [0, 0.05) is 34.9 Å². The van der Waals surface area contributed by atoms with Crippen LogP contribution >= 0.6 is 27.7 Å². The number of nitro benzene ring substituents is 1. The van der Waals surface area contributed by atoms with Crippen LogP contribution in [0.4, 0.5) is 5.69 Å². The molecule has 1 fully saturated rings. The van der Waals surface area contributed by atoms with E-state index in [-0.39, 0.29) is 10.6 Å². The molecule has 0 radical (unpaired) electrons. The second-order valence-electron chi connectivity index (χ2n) is 4.30. The molecule has 1 aliphatic rings. The molecule has 0 saturated carbocycles. The van der Waals surface area contributed by atoms with E-state index < -0.39 is 0 Å². The number of non-ortho nitro benzene ring substituents is 1. The van der Waals surface area contributed by atoms with E-state index in [0.29, 0.717) is 0 Å². The minimum Gasteiger partial charge on any atom is -0.312 e. The van der Waals surface area contributed by atoms with Crippen LogP contribution in [0.15, 0.2) is 22.7 Å². The first-order valence-corrected chi connectivity index (χ1v) is 7.76. The van der Waals surface area contributed by atoms with Crippen LogP contribution < -0.4 is 5.32 Å². The first-order valence-electron chi connectivity index (χ1n) is 5.92. The van der Waals surface area contributed by atoms with Crippen molar-refractivity contribution in [2.24, 2.45) is 0 Å². The van der Waals surface area contributed by atoms with Crippen LogP contribution in [0.25, 0.3) is 0 Å². The van der Waals surface area contributed by atoms with E-state index in [1.807, 2.05) is 11.8 Å². The molecular formula is C12H15BrN2O2S. The third-order valence-corrected chi connectivity index (χ3v) is 5.10. The molecule has 4 nitrogen and oxygen atoms in total. The van der Waals surface area contributed by atoms with Gasteiger partial charge in [-0.15, -0.1) is 0 Å². The second kappa shape index (κ2) is 6.54. The van der Waals surface area contributed by atoms with E-state index in [1.54, 1.807) is 18.2 Å². The summed E-state index contributed by atoms with van der Waals surface area (Å²) in [4.78, 5) is 10.2. The van der Waals surface area contributed by atoms with Crippen molar-refractivity contribution in [3.63, 3.8) is 0 Å². The average Bonchev–Trinajstić information content (AvgIpc) is 2.84. The lowest BCUT2D eigenvalue weighted by molar-refractivity contribution is -0.384. The van der Waals surface area contributed by atoms with E-state index >= 15 is 0 Å². The molecule has 1 N–H and O–H groups in total. The fourth-order valence-corrected chi connectivity index (χ4v) is 3.71. The van der Waals surface area contributed by atoms with Crippen LogP contribution in [-0.4, -0.2) is 22.5 Å². The Morgan fingerprint density at radius 2 is 2.39 bits per heavy atom. The van der Waals surface area contributed by atoms with Gasteiger partial charge in [0.05, 0.1) is 4.92 Å². The molecule has 1 aliphatic heterocycles. The number of thioether (sulfide) groups is 1. The zero-order valence-corrected chi connectivity index (χ0v) is 12.3. The molecule has 2 rings (SSSR count). The third-order valence-electron chi connectivity index (χ3n) is 2.96. The van der Waals surface area contributed by atoms with E-state index in [1.165, 1.54) is 18.6 Å². The first-order chi connectivity index (χ1) is 8.66. The zero-order chi connectivity index (χ0) is 13.0. The number of hydrogen-bond acceptors (Lipinski definition) is 4. The lowest BCUT2D eigenvalue weighted by Gasteiger charge is -2.10. The van der Waals surface area contributed by atoms with Gasteiger partial charge >= 0.3 is 0 Å². The summed E-state index contributed by atoms with van der Waals surface area (Å²) in [6.07, 6.45) is 2.61. The largest absolute Gasteiger partial charge is 0.312 e. The topological polar surface area (TPSA) is 55.2 Å². The maximum atomic E-state index is 10.6. The SMILES string of the molecule is O=[N+]([O-])c1ccc(CNCC2CCCS2)c(Br)c1. The van der Waals surface area contributed by atoms with Crippen LogP contribution in [0, 0.1) is 10.1 Å². The minimum atomic E-state index is -0.378. The van der Waals surface area contributed by atoms with E-state index in [4.69, 9.17) is 0 Å². The third kappa shape index (κ3) is 3.70. The van der Waals surface area contributed by atoms with Crippen molar-refractivity contribution in [3.05, 3.63) is 38.3 Å². The van der Waals surface area contributed by atoms with Gasteiger partial charge in [-0.05, 0) is 30.2 Å². The number of nitrogens with one attached hydrogen (secondary N) is 1. The van der Waals surface area contributed by atoms with Gasteiger partial charge in [0.25, 0.3) is 5.69 Å². The molecule has 0 aromatic heterocycles. The molecule has 18 heavy (non-hydrogen) atoms. The Bertz CT molecular complexity index is 436. The molecule has 0 bridgehead atoms. The van der Waals surface area contributed by atoms with Crippen molar-refractivity contribution in [1.82, 2.24) is 5.32 Å². The van der Waals surface area contributed by atoms with Crippen LogP contribution in [0.3, 0.4) is 0 Å². The summed E-state index contributed by atoms with van der Waals surface area (Å²) in [5.74, 6) is 1.27. The predicted octanol–water partition coefficient (Wildman–Crippen LogP) is 3.34. The van der Waals surface area contributed by atoms with Crippen molar-refractivity contribution in [1.29, 1.82) is 0 Å². The fourth-order valence-electron chi connectivity index (χ4n) is 1.97. The Kier molecular flexibility index (Phi) is 5.03. The van der Waals surface area contributed by atoms with E-state index in [0.717, 1.165) is 28.4 Å². The van der Waals surface area contributed by atoms with Gasteiger partial charge in [0.2, 0.25) is 0 Å². The standard InChI is InChI=1S/C12H15BrN2O2S/c13-12-6-10(15(16)17)4-3-9(12)7-14-8-11-2-1-5-18-11/h3-4,6,11,14H,1-2,5,7-8H2. The van der Waals surface area contributed by atoms with Crippen LogP contribution in [0.5, 0.6) is 0 Å². The lowest BCUT2D eigenvalue weighted by Crippen LogP contribution is -2.22. The number of rotatable bonds is 5. The predicted molar refractivity (Wildman–Crippen MR) is 78.0 cm³/mol. The van der Waals surface area contributed by atoms with E-state index in [2.05, 4.69) is 21.2 Å². The number of nitro groups is 1. The zero-order valence-electron chi connectivity index (χ0n) is 9.89. The molecule has 1 saturated heterocycles. The van der Waals surface area contributed by atoms with Crippen molar-refractivity contribution < 1.29 is 4.92 Å². The quantitative estimate of drug-likeness (QED) is 0.664. The summed E-state index contributed by atoms with van der Waals surface area (Å²) in [5.41, 5.74) is 1.18. The van der Waals surface area contributed by atoms with Gasteiger partial charge in [-0.1, -0.05) is 15.9 Å². The Labute approximate surface area is 119 Å². The minimum absolute atomic E-state index is 0.122. The normalized spacial score (nSPS) is 19.1. The average molecular weight is 331 g/mol. The second-order valence-corrected chi connectivity index (χ2v) is 6.56. The highest BCUT2D eigenvalue weighted by Gasteiger charge is 2.15. The monoisotopic (exact) mass is 330 g/mol. The number of hydrogen-bond donors (Lipinski definition) is 1. The highest BCUT2D eigenvalue weighted by atomic mass is 79.9. The van der Waals surface area contributed by atoms with Gasteiger partial charge in [0.1, 0.15) is 0 Å². The van der Waals surface area contributed by atoms with E-state index in [9.17, 15) is 10.1 Å². The summed E-state index contributed by atoms with van der Waals surface area (Å²) in [7, 11) is 0. The molecule has 0 spiro atoms. The summed E-state index contributed by atoms with van der Waals surface area (Å²) in [5, 5.41) is 14.8. The van der Waals surface area contributed by atoms with Gasteiger partial charge in [0.15, 0.2) is 0 Å². The van der Waals surface area contributed by atoms with Crippen LogP contribution in [0.1, 0.15) is 18.4 Å². The molecule has 1 atom stereocenters. The molecule has 0 aliphatic carbocycles. The maximum Gasteiger partial charge on any atom is 0.270 e. The Morgan fingerprint density at radius 3 is 3.00 bits per heavy atom. The van der Waals surface area contributed by atoms with Crippen LogP contribution in [0.2, 0.25) is 0 Å². The van der Waals surface area contributed by atoms with Gasteiger partial charge in [-0.3, -0.25) is 10.1 Å². The molecule has 1 heterocycles.